The SMILES string of the molecule is CCCOc1ccc(P([O-])c2ccc(OCCC)cc2)cc1.[Cl-].[Mg+2]. The smallest absolute Gasteiger partial charge is 1.00 e. The maximum absolute atomic E-state index is 12.6. The molecule has 0 aliphatic heterocycles. The average Bonchev–Trinajstić information content (AvgIpc) is 2.58. The van der Waals surface area contributed by atoms with E-state index in [1.807, 2.05) is 48.5 Å². The van der Waals surface area contributed by atoms with Gasteiger partial charge < -0.3 is 26.8 Å². The van der Waals surface area contributed by atoms with E-state index in [0.29, 0.717) is 13.2 Å². The molecule has 0 aliphatic carbocycles. The van der Waals surface area contributed by atoms with E-state index < -0.39 is 8.15 Å². The minimum Gasteiger partial charge on any atom is -1.00 e. The van der Waals surface area contributed by atoms with Crippen molar-refractivity contribution in [2.45, 2.75) is 26.7 Å². The van der Waals surface area contributed by atoms with E-state index in [1.165, 1.54) is 0 Å². The number of hydrogen-bond donors (Lipinski definition) is 0. The van der Waals surface area contributed by atoms with Crippen LogP contribution in [0.3, 0.4) is 0 Å². The number of ether oxygens (including phenoxy) is 2. The van der Waals surface area contributed by atoms with Crippen LogP contribution in [0.2, 0.25) is 0 Å². The van der Waals surface area contributed by atoms with E-state index in [-0.39, 0.29) is 35.5 Å². The Morgan fingerprint density at radius 2 is 1.08 bits per heavy atom. The van der Waals surface area contributed by atoms with Gasteiger partial charge in [0, 0.05) is 0 Å². The van der Waals surface area contributed by atoms with Gasteiger partial charge in [-0.1, -0.05) is 38.1 Å². The second-order valence-corrected chi connectivity index (χ2v) is 6.60. The molecule has 0 aliphatic rings. The van der Waals surface area contributed by atoms with Gasteiger partial charge in [0.1, 0.15) is 11.5 Å². The van der Waals surface area contributed by atoms with Gasteiger partial charge in [0.2, 0.25) is 0 Å². The second-order valence-electron chi connectivity index (χ2n) is 4.98. The molecule has 0 radical (unpaired) electrons. The zero-order chi connectivity index (χ0) is 15.8. The van der Waals surface area contributed by atoms with Crippen LogP contribution in [0.25, 0.3) is 0 Å². The predicted octanol–water partition coefficient (Wildman–Crippen LogP) is -0.405. The van der Waals surface area contributed by atoms with Crippen LogP contribution in [0.15, 0.2) is 48.5 Å². The van der Waals surface area contributed by atoms with Gasteiger partial charge in [0.25, 0.3) is 0 Å². The van der Waals surface area contributed by atoms with E-state index in [0.717, 1.165) is 34.9 Å². The van der Waals surface area contributed by atoms with Crippen molar-refractivity contribution in [1.82, 2.24) is 0 Å². The van der Waals surface area contributed by atoms with Crippen LogP contribution in [0.1, 0.15) is 26.7 Å². The average molecular weight is 377 g/mol. The molecule has 2 aromatic carbocycles. The molecular weight excluding hydrogens is 355 g/mol. The van der Waals surface area contributed by atoms with Crippen molar-refractivity contribution in [2.24, 2.45) is 0 Å². The molecule has 0 spiro atoms. The Morgan fingerprint density at radius 3 is 1.38 bits per heavy atom. The molecule has 0 saturated heterocycles. The van der Waals surface area contributed by atoms with E-state index in [1.54, 1.807) is 0 Å². The van der Waals surface area contributed by atoms with Gasteiger partial charge in [-0.2, -0.15) is 0 Å². The summed E-state index contributed by atoms with van der Waals surface area (Å²) in [6.07, 6.45) is 1.95. The van der Waals surface area contributed by atoms with Crippen LogP contribution >= 0.6 is 8.15 Å². The fourth-order valence-electron chi connectivity index (χ4n) is 1.94. The van der Waals surface area contributed by atoms with E-state index >= 15 is 0 Å². The molecule has 0 N–H and O–H groups in total. The molecule has 0 fully saturated rings. The molecule has 0 amide bonds. The van der Waals surface area contributed by atoms with Crippen LogP contribution in [0.4, 0.5) is 0 Å². The third-order valence-corrected chi connectivity index (χ3v) is 4.62. The van der Waals surface area contributed by atoms with Crippen molar-refractivity contribution >= 4 is 41.8 Å². The molecular formula is C18H22ClMgO3P. The van der Waals surface area contributed by atoms with Crippen molar-refractivity contribution in [3.05, 3.63) is 48.5 Å². The number of hydrogen-bond acceptors (Lipinski definition) is 3. The first-order chi connectivity index (χ1) is 10.7. The zero-order valence-electron chi connectivity index (χ0n) is 14.2. The second kappa shape index (κ2) is 12.8. The van der Waals surface area contributed by atoms with Gasteiger partial charge in [0.15, 0.2) is 0 Å². The van der Waals surface area contributed by atoms with Crippen LogP contribution in [0.5, 0.6) is 11.5 Å². The van der Waals surface area contributed by atoms with Crippen molar-refractivity contribution in [3.63, 3.8) is 0 Å². The summed E-state index contributed by atoms with van der Waals surface area (Å²) < 4.78 is 11.1. The Hall–Kier alpha value is -0.514. The number of benzene rings is 2. The Balaban J connectivity index is 0.00000264. The van der Waals surface area contributed by atoms with Crippen LogP contribution in [-0.2, 0) is 0 Å². The third kappa shape index (κ3) is 7.16. The summed E-state index contributed by atoms with van der Waals surface area (Å²) in [5, 5.41) is 1.61. The molecule has 0 heterocycles. The van der Waals surface area contributed by atoms with Gasteiger partial charge in [-0.3, -0.25) is 0 Å². The molecule has 6 heteroatoms. The van der Waals surface area contributed by atoms with Crippen molar-refractivity contribution in [1.29, 1.82) is 0 Å². The molecule has 0 atom stereocenters. The maximum atomic E-state index is 12.6. The molecule has 24 heavy (non-hydrogen) atoms. The first kappa shape index (κ1) is 23.5. The van der Waals surface area contributed by atoms with Gasteiger partial charge in [-0.05, 0) is 47.7 Å². The summed E-state index contributed by atoms with van der Waals surface area (Å²) in [5.41, 5.74) is 0. The largest absolute Gasteiger partial charge is 2.00 e. The molecule has 0 unspecified atom stereocenters. The van der Waals surface area contributed by atoms with Gasteiger partial charge in [-0.25, -0.2) is 0 Å². The van der Waals surface area contributed by atoms with Crippen molar-refractivity contribution < 1.29 is 26.8 Å². The van der Waals surface area contributed by atoms with Gasteiger partial charge >= 0.3 is 23.1 Å². The minimum absolute atomic E-state index is 0. The van der Waals surface area contributed by atoms with Gasteiger partial charge in [0.05, 0.1) is 13.2 Å². The molecule has 2 rings (SSSR count). The molecule has 0 aromatic heterocycles. The molecule has 0 saturated carbocycles. The van der Waals surface area contributed by atoms with E-state index in [2.05, 4.69) is 13.8 Å². The first-order valence-electron chi connectivity index (χ1n) is 7.67. The molecule has 3 nitrogen and oxygen atoms in total. The maximum Gasteiger partial charge on any atom is 2.00 e. The number of rotatable bonds is 8. The summed E-state index contributed by atoms with van der Waals surface area (Å²) in [6, 6.07) is 15.0. The van der Waals surface area contributed by atoms with Crippen LogP contribution in [-0.4, -0.2) is 36.3 Å². The molecule has 0 bridgehead atoms. The first-order valence-corrected chi connectivity index (χ1v) is 8.93. The Bertz CT molecular complexity index is 512. The topological polar surface area (TPSA) is 41.5 Å². The number of halogens is 1. The van der Waals surface area contributed by atoms with Crippen molar-refractivity contribution in [2.75, 3.05) is 13.2 Å². The predicted molar refractivity (Wildman–Crippen MR) is 96.4 cm³/mol. The fraction of sp³-hybridized carbons (Fsp3) is 0.333. The third-order valence-electron chi connectivity index (χ3n) is 3.09. The Labute approximate surface area is 168 Å². The quantitative estimate of drug-likeness (QED) is 0.465. The molecule has 126 valence electrons. The van der Waals surface area contributed by atoms with E-state index in [9.17, 15) is 4.89 Å². The van der Waals surface area contributed by atoms with E-state index in [4.69, 9.17) is 9.47 Å². The standard InChI is InChI=1S/C18H22O3P.ClH.Mg/c1-3-13-20-15-5-9-17(10-6-15)22(19)18-11-7-16(8-12-18)21-14-4-2;;/h5-12H,3-4,13-14H2,1-2H3;1H;/q-1;;+2/p-1. The van der Waals surface area contributed by atoms with Crippen LogP contribution in [0, 0.1) is 0 Å². The summed E-state index contributed by atoms with van der Waals surface area (Å²) in [7, 11) is -1.58. The van der Waals surface area contributed by atoms with Crippen LogP contribution < -0.4 is 37.4 Å². The summed E-state index contributed by atoms with van der Waals surface area (Å²) in [5.74, 6) is 1.63. The Kier molecular flexibility index (Phi) is 12.5. The minimum atomic E-state index is -1.58. The van der Waals surface area contributed by atoms with Crippen molar-refractivity contribution in [3.8, 4) is 11.5 Å². The summed E-state index contributed by atoms with van der Waals surface area (Å²) in [6.45, 7) is 5.54. The Morgan fingerprint density at radius 1 is 0.750 bits per heavy atom. The fourth-order valence-corrected chi connectivity index (χ4v) is 3.08. The monoisotopic (exact) mass is 376 g/mol. The normalized spacial score (nSPS) is 9.83. The van der Waals surface area contributed by atoms with Gasteiger partial charge in [-0.15, -0.1) is 8.15 Å². The summed E-state index contributed by atoms with van der Waals surface area (Å²) in [4.78, 5) is 12.6. The zero-order valence-corrected chi connectivity index (χ0v) is 17.3. The summed E-state index contributed by atoms with van der Waals surface area (Å²) >= 11 is 0. The molecule has 2 aromatic rings.